The van der Waals surface area contributed by atoms with Crippen LogP contribution in [0.25, 0.3) is 10.9 Å². The van der Waals surface area contributed by atoms with Crippen LogP contribution in [0, 0.1) is 0 Å². The van der Waals surface area contributed by atoms with Crippen molar-refractivity contribution in [3.63, 3.8) is 0 Å². The molecule has 1 aromatic heterocycles. The second kappa shape index (κ2) is 9.32. The minimum absolute atomic E-state index is 0.00518. The molecule has 1 aliphatic heterocycles. The lowest BCUT2D eigenvalue weighted by Crippen LogP contribution is -2.46. The molecule has 180 valence electrons. The zero-order valence-electron chi connectivity index (χ0n) is 19.8. The quantitative estimate of drug-likeness (QED) is 0.531. The van der Waals surface area contributed by atoms with E-state index in [1.807, 2.05) is 43.3 Å². The first kappa shape index (κ1) is 22.8. The molecule has 0 radical (unpaired) electrons. The Morgan fingerprint density at radius 1 is 0.914 bits per heavy atom. The lowest BCUT2D eigenvalue weighted by molar-refractivity contribution is -0.122. The van der Waals surface area contributed by atoms with Crippen molar-refractivity contribution in [2.75, 3.05) is 30.9 Å². The second-order valence-corrected chi connectivity index (χ2v) is 9.28. The topological polar surface area (TPSA) is 108 Å². The third-order valence-corrected chi connectivity index (χ3v) is 6.61. The van der Waals surface area contributed by atoms with Crippen LogP contribution in [0.1, 0.15) is 46.4 Å². The molecule has 0 bridgehead atoms. The Hall–Kier alpha value is -4.01. The van der Waals surface area contributed by atoms with Gasteiger partial charge in [-0.05, 0) is 49.9 Å². The summed E-state index contributed by atoms with van der Waals surface area (Å²) >= 11 is 0. The summed E-state index contributed by atoms with van der Waals surface area (Å²) in [6, 6.07) is 14.8. The number of benzene rings is 2. The van der Waals surface area contributed by atoms with Gasteiger partial charge in [-0.2, -0.15) is 4.98 Å². The van der Waals surface area contributed by atoms with Crippen LogP contribution in [0.3, 0.4) is 0 Å². The summed E-state index contributed by atoms with van der Waals surface area (Å²) in [7, 11) is 3.93. The van der Waals surface area contributed by atoms with E-state index in [2.05, 4.69) is 15.6 Å². The normalized spacial score (nSPS) is 19.5. The number of para-hydroxylation sites is 1. The largest absolute Gasteiger partial charge is 0.362 e. The lowest BCUT2D eigenvalue weighted by Gasteiger charge is -2.30. The first-order chi connectivity index (χ1) is 16.9. The Labute approximate surface area is 203 Å². The molecule has 0 saturated heterocycles. The summed E-state index contributed by atoms with van der Waals surface area (Å²) in [5, 5.41) is 7.47. The van der Waals surface area contributed by atoms with Crippen molar-refractivity contribution < 1.29 is 14.4 Å². The van der Waals surface area contributed by atoms with Gasteiger partial charge in [-0.3, -0.25) is 19.3 Å². The maximum absolute atomic E-state index is 12.6. The third-order valence-electron chi connectivity index (χ3n) is 6.61. The Bertz CT molecular complexity index is 1260. The molecule has 1 saturated carbocycles. The predicted molar refractivity (Wildman–Crippen MR) is 133 cm³/mol. The number of carbonyl (C=O) groups is 3. The van der Waals surface area contributed by atoms with E-state index in [1.165, 1.54) is 0 Å². The van der Waals surface area contributed by atoms with E-state index in [0.717, 1.165) is 47.3 Å². The summed E-state index contributed by atoms with van der Waals surface area (Å²) in [4.78, 5) is 50.0. The van der Waals surface area contributed by atoms with Crippen molar-refractivity contribution in [1.29, 1.82) is 0 Å². The molecule has 0 unspecified atom stereocenters. The lowest BCUT2D eigenvalue weighted by atomic mass is 9.91. The van der Waals surface area contributed by atoms with Gasteiger partial charge in [0.05, 0.1) is 16.6 Å². The number of aromatic nitrogens is 2. The molecule has 9 heteroatoms. The van der Waals surface area contributed by atoms with Crippen LogP contribution in [-0.4, -0.2) is 65.3 Å². The first-order valence-corrected chi connectivity index (χ1v) is 11.9. The van der Waals surface area contributed by atoms with Crippen molar-refractivity contribution in [3.8, 4) is 0 Å². The number of imide groups is 1. The summed E-state index contributed by atoms with van der Waals surface area (Å²) < 4.78 is 0. The molecular formula is C26H28N6O3. The van der Waals surface area contributed by atoms with Gasteiger partial charge in [0.25, 0.3) is 11.8 Å². The van der Waals surface area contributed by atoms with Gasteiger partial charge >= 0.3 is 0 Å². The minimum atomic E-state index is -0.416. The first-order valence-electron chi connectivity index (χ1n) is 11.9. The van der Waals surface area contributed by atoms with E-state index >= 15 is 0 Å². The molecule has 2 N–H and O–H groups in total. The number of carbonyl (C=O) groups excluding carboxylic acids is 3. The molecule has 2 aromatic carbocycles. The van der Waals surface area contributed by atoms with E-state index in [-0.39, 0.29) is 24.5 Å². The van der Waals surface area contributed by atoms with E-state index < -0.39 is 11.8 Å². The summed E-state index contributed by atoms with van der Waals surface area (Å²) in [6.07, 6.45) is 3.29. The van der Waals surface area contributed by atoms with E-state index in [4.69, 9.17) is 4.98 Å². The van der Waals surface area contributed by atoms with Gasteiger partial charge in [0, 0.05) is 31.6 Å². The standard InChI is InChI=1S/C26H28N6O3/c1-31(2)23-20-9-5-6-10-21(20)29-26(30-23)28-17-13-11-16(12-14-17)27-22(33)15-32-24(34)18-7-3-4-8-19(18)25(32)35/h3-10,16-17H,11-15H2,1-2H3,(H,27,33)(H,28,29,30)/t16-,17+. The second-order valence-electron chi connectivity index (χ2n) is 9.28. The molecule has 9 nitrogen and oxygen atoms in total. The molecule has 1 aliphatic carbocycles. The Morgan fingerprint density at radius 3 is 2.17 bits per heavy atom. The van der Waals surface area contributed by atoms with Crippen LogP contribution in [0.2, 0.25) is 0 Å². The molecule has 3 aromatic rings. The average molecular weight is 473 g/mol. The number of hydrogen-bond acceptors (Lipinski definition) is 7. The van der Waals surface area contributed by atoms with Gasteiger partial charge in [-0.15, -0.1) is 0 Å². The maximum atomic E-state index is 12.6. The number of hydrogen-bond donors (Lipinski definition) is 2. The number of anilines is 2. The van der Waals surface area contributed by atoms with Crippen molar-refractivity contribution in [2.45, 2.75) is 37.8 Å². The number of nitrogens with one attached hydrogen (secondary N) is 2. The van der Waals surface area contributed by atoms with Crippen LogP contribution in [0.15, 0.2) is 48.5 Å². The summed E-state index contributed by atoms with van der Waals surface area (Å²) in [6.45, 7) is -0.261. The molecule has 0 atom stereocenters. The van der Waals surface area contributed by atoms with Crippen molar-refractivity contribution in [1.82, 2.24) is 20.2 Å². The van der Waals surface area contributed by atoms with Crippen LogP contribution >= 0.6 is 0 Å². The number of fused-ring (bicyclic) bond motifs is 2. The van der Waals surface area contributed by atoms with Gasteiger partial charge in [-0.25, -0.2) is 4.98 Å². The molecule has 5 rings (SSSR count). The third kappa shape index (κ3) is 4.53. The van der Waals surface area contributed by atoms with Crippen molar-refractivity contribution in [2.24, 2.45) is 0 Å². The fourth-order valence-electron chi connectivity index (χ4n) is 4.83. The van der Waals surface area contributed by atoms with Crippen LogP contribution in [0.4, 0.5) is 11.8 Å². The van der Waals surface area contributed by atoms with Gasteiger partial charge in [0.15, 0.2) is 0 Å². The molecule has 1 fully saturated rings. The highest BCUT2D eigenvalue weighted by molar-refractivity contribution is 6.22. The average Bonchev–Trinajstić information content (AvgIpc) is 3.09. The molecule has 2 aliphatic rings. The fraction of sp³-hybridized carbons (Fsp3) is 0.346. The molecule has 0 spiro atoms. The van der Waals surface area contributed by atoms with Crippen molar-refractivity contribution >= 4 is 40.4 Å². The van der Waals surface area contributed by atoms with Gasteiger partial charge in [0.1, 0.15) is 12.4 Å². The van der Waals surface area contributed by atoms with Gasteiger partial charge < -0.3 is 15.5 Å². The predicted octanol–water partition coefficient (Wildman–Crippen LogP) is 2.83. The van der Waals surface area contributed by atoms with Crippen LogP contribution in [-0.2, 0) is 4.79 Å². The smallest absolute Gasteiger partial charge is 0.262 e. The highest BCUT2D eigenvalue weighted by Crippen LogP contribution is 2.27. The minimum Gasteiger partial charge on any atom is -0.362 e. The SMILES string of the molecule is CN(C)c1nc(N[C@H]2CC[C@@H](NC(=O)CN3C(=O)c4ccccc4C3=O)CC2)nc2ccccc12. The monoisotopic (exact) mass is 472 g/mol. The van der Waals surface area contributed by atoms with E-state index in [0.29, 0.717) is 17.1 Å². The van der Waals surface area contributed by atoms with Crippen LogP contribution < -0.4 is 15.5 Å². The summed E-state index contributed by atoms with van der Waals surface area (Å²) in [5.74, 6) is 0.324. The van der Waals surface area contributed by atoms with Crippen molar-refractivity contribution in [3.05, 3.63) is 59.7 Å². The Kier molecular flexibility index (Phi) is 6.07. The number of nitrogens with zero attached hydrogens (tertiary/aromatic N) is 4. The molecular weight excluding hydrogens is 444 g/mol. The molecule has 2 heterocycles. The van der Waals surface area contributed by atoms with E-state index in [1.54, 1.807) is 24.3 Å². The maximum Gasteiger partial charge on any atom is 0.262 e. The Balaban J connectivity index is 1.15. The van der Waals surface area contributed by atoms with Crippen LogP contribution in [0.5, 0.6) is 0 Å². The van der Waals surface area contributed by atoms with Gasteiger partial charge in [0.2, 0.25) is 11.9 Å². The number of amides is 3. The fourth-order valence-corrected chi connectivity index (χ4v) is 4.83. The van der Waals surface area contributed by atoms with E-state index in [9.17, 15) is 14.4 Å². The highest BCUT2D eigenvalue weighted by atomic mass is 16.2. The summed E-state index contributed by atoms with van der Waals surface area (Å²) in [5.41, 5.74) is 1.60. The Morgan fingerprint density at radius 2 is 1.51 bits per heavy atom. The molecule has 35 heavy (non-hydrogen) atoms. The zero-order valence-corrected chi connectivity index (χ0v) is 19.8. The zero-order chi connectivity index (χ0) is 24.5. The number of rotatable bonds is 6. The molecule has 3 amide bonds. The highest BCUT2D eigenvalue weighted by Gasteiger charge is 2.36. The van der Waals surface area contributed by atoms with Gasteiger partial charge in [-0.1, -0.05) is 24.3 Å².